The first-order valence-corrected chi connectivity index (χ1v) is 6.46. The lowest BCUT2D eigenvalue weighted by Crippen LogP contribution is -2.31. The lowest BCUT2D eigenvalue weighted by molar-refractivity contribution is 0.641. The summed E-state index contributed by atoms with van der Waals surface area (Å²) in [7, 11) is 1.94. The van der Waals surface area contributed by atoms with Gasteiger partial charge in [0.05, 0.1) is 16.8 Å². The molecule has 0 amide bonds. The second-order valence-corrected chi connectivity index (χ2v) is 5.22. The van der Waals surface area contributed by atoms with E-state index in [9.17, 15) is 0 Å². The average Bonchev–Trinajstić information content (AvgIpc) is 3.00. The molecule has 1 saturated carbocycles. The number of rotatable bonds is 5. The van der Waals surface area contributed by atoms with Gasteiger partial charge in [-0.05, 0) is 25.8 Å². The Balaban J connectivity index is 1.85. The van der Waals surface area contributed by atoms with Crippen LogP contribution in [0.4, 0.5) is 0 Å². The number of nitrogens with zero attached hydrogens (tertiary/aromatic N) is 3. The molecule has 5 heteroatoms. The molecule has 1 unspecified atom stereocenters. The van der Waals surface area contributed by atoms with Gasteiger partial charge in [0, 0.05) is 18.8 Å². The summed E-state index contributed by atoms with van der Waals surface area (Å²) in [6.45, 7) is 1.98. The fourth-order valence-electron chi connectivity index (χ4n) is 1.55. The van der Waals surface area contributed by atoms with Crippen molar-refractivity contribution in [1.82, 2.24) is 15.1 Å². The number of nitrogens with one attached hydrogen (secondary N) is 1. The number of aryl methyl sites for hydroxylation is 2. The van der Waals surface area contributed by atoms with Crippen molar-refractivity contribution in [3.8, 4) is 6.07 Å². The Kier molecular flexibility index (Phi) is 3.52. The van der Waals surface area contributed by atoms with Crippen molar-refractivity contribution >= 4 is 11.8 Å². The minimum Gasteiger partial charge on any atom is -0.298 e. The molecule has 1 N–H and O–H groups in total. The van der Waals surface area contributed by atoms with Gasteiger partial charge in [-0.25, -0.2) is 0 Å². The van der Waals surface area contributed by atoms with Gasteiger partial charge in [0.15, 0.2) is 0 Å². The van der Waals surface area contributed by atoms with Crippen LogP contribution in [-0.4, -0.2) is 27.6 Å². The molecule has 0 spiro atoms. The zero-order valence-corrected chi connectivity index (χ0v) is 10.4. The largest absolute Gasteiger partial charge is 0.298 e. The molecule has 1 aromatic heterocycles. The molecule has 2 rings (SSSR count). The van der Waals surface area contributed by atoms with Crippen molar-refractivity contribution in [1.29, 1.82) is 5.26 Å². The Morgan fingerprint density at radius 3 is 3.00 bits per heavy atom. The van der Waals surface area contributed by atoms with Crippen LogP contribution in [0.15, 0.2) is 11.1 Å². The van der Waals surface area contributed by atoms with Crippen LogP contribution in [0.1, 0.15) is 18.5 Å². The van der Waals surface area contributed by atoms with E-state index in [1.54, 1.807) is 11.8 Å². The molecule has 0 bridgehead atoms. The smallest absolute Gasteiger partial charge is 0.105 e. The maximum absolute atomic E-state index is 9.01. The molecule has 1 heterocycles. The molecule has 0 saturated heterocycles. The fourth-order valence-corrected chi connectivity index (χ4v) is 2.54. The first-order chi connectivity index (χ1) is 7.69. The predicted molar refractivity (Wildman–Crippen MR) is 64.2 cm³/mol. The van der Waals surface area contributed by atoms with E-state index in [0.717, 1.165) is 16.5 Å². The van der Waals surface area contributed by atoms with Crippen LogP contribution in [0.3, 0.4) is 0 Å². The van der Waals surface area contributed by atoms with E-state index in [0.29, 0.717) is 6.04 Å². The Morgan fingerprint density at radius 1 is 1.75 bits per heavy atom. The Morgan fingerprint density at radius 2 is 2.50 bits per heavy atom. The molecule has 1 aliphatic rings. The number of hydrogen-bond donors (Lipinski definition) is 1. The third-order valence-corrected chi connectivity index (χ3v) is 3.70. The third-order valence-electron chi connectivity index (χ3n) is 2.53. The molecule has 0 radical (unpaired) electrons. The van der Waals surface area contributed by atoms with Crippen LogP contribution in [-0.2, 0) is 7.05 Å². The summed E-state index contributed by atoms with van der Waals surface area (Å²) < 4.78 is 1.87. The topological polar surface area (TPSA) is 53.6 Å². The monoisotopic (exact) mass is 236 g/mol. The summed E-state index contributed by atoms with van der Waals surface area (Å²) in [5.41, 5.74) is 1.02. The lowest BCUT2D eigenvalue weighted by atomic mass is 10.4. The highest BCUT2D eigenvalue weighted by molar-refractivity contribution is 7.99. The van der Waals surface area contributed by atoms with Crippen molar-refractivity contribution in [3.63, 3.8) is 0 Å². The standard InChI is InChI=1S/C11H16N4S/c1-8-5-11(15(2)14-8)16-7-10(6-12)13-9-3-4-9/h5,9-10,13H,3-4,7H2,1-2H3. The normalized spacial score (nSPS) is 17.1. The minimum atomic E-state index is -0.0484. The Bertz CT molecular complexity index is 403. The van der Waals surface area contributed by atoms with E-state index < -0.39 is 0 Å². The third kappa shape index (κ3) is 3.00. The SMILES string of the molecule is Cc1cc(SCC(C#N)NC2CC2)n(C)n1. The molecular formula is C11H16N4S. The summed E-state index contributed by atoms with van der Waals surface area (Å²) in [5.74, 6) is 0.784. The second-order valence-electron chi connectivity index (χ2n) is 4.18. The molecule has 86 valence electrons. The molecule has 1 aromatic rings. The van der Waals surface area contributed by atoms with Crippen LogP contribution in [0.5, 0.6) is 0 Å². The first-order valence-electron chi connectivity index (χ1n) is 5.48. The predicted octanol–water partition coefficient (Wildman–Crippen LogP) is 1.46. The van der Waals surface area contributed by atoms with E-state index in [-0.39, 0.29) is 6.04 Å². The van der Waals surface area contributed by atoms with Crippen LogP contribution in [0.2, 0.25) is 0 Å². The highest BCUT2D eigenvalue weighted by Crippen LogP contribution is 2.22. The number of aromatic nitrogens is 2. The van der Waals surface area contributed by atoms with E-state index >= 15 is 0 Å². The second kappa shape index (κ2) is 4.89. The summed E-state index contributed by atoms with van der Waals surface area (Å²) in [6.07, 6.45) is 2.43. The lowest BCUT2D eigenvalue weighted by Gasteiger charge is -2.09. The van der Waals surface area contributed by atoms with Gasteiger partial charge < -0.3 is 0 Å². The van der Waals surface area contributed by atoms with Gasteiger partial charge in [-0.3, -0.25) is 10.00 Å². The van der Waals surface area contributed by atoms with Gasteiger partial charge in [0.2, 0.25) is 0 Å². The van der Waals surface area contributed by atoms with Gasteiger partial charge in [0.1, 0.15) is 6.04 Å². The van der Waals surface area contributed by atoms with Gasteiger partial charge in [0.25, 0.3) is 0 Å². The van der Waals surface area contributed by atoms with Gasteiger partial charge in [-0.1, -0.05) is 0 Å². The van der Waals surface area contributed by atoms with Crippen LogP contribution < -0.4 is 5.32 Å². The van der Waals surface area contributed by atoms with Crippen LogP contribution in [0.25, 0.3) is 0 Å². The highest BCUT2D eigenvalue weighted by Gasteiger charge is 2.24. The van der Waals surface area contributed by atoms with E-state index in [2.05, 4.69) is 22.6 Å². The minimum absolute atomic E-state index is 0.0484. The van der Waals surface area contributed by atoms with Crippen molar-refractivity contribution < 1.29 is 0 Å². The highest BCUT2D eigenvalue weighted by atomic mass is 32.2. The summed E-state index contributed by atoms with van der Waals surface area (Å²) in [5, 5.41) is 17.7. The van der Waals surface area contributed by atoms with Crippen LogP contribution >= 0.6 is 11.8 Å². The van der Waals surface area contributed by atoms with Gasteiger partial charge >= 0.3 is 0 Å². The molecule has 0 aromatic carbocycles. The van der Waals surface area contributed by atoms with E-state index in [4.69, 9.17) is 5.26 Å². The fraction of sp³-hybridized carbons (Fsp3) is 0.636. The average molecular weight is 236 g/mol. The number of nitriles is 1. The molecule has 16 heavy (non-hydrogen) atoms. The summed E-state index contributed by atoms with van der Waals surface area (Å²) in [4.78, 5) is 0. The Hall–Kier alpha value is -0.990. The summed E-state index contributed by atoms with van der Waals surface area (Å²) >= 11 is 1.69. The molecule has 4 nitrogen and oxygen atoms in total. The zero-order valence-electron chi connectivity index (χ0n) is 9.60. The summed E-state index contributed by atoms with van der Waals surface area (Å²) in [6, 6.07) is 4.89. The zero-order chi connectivity index (χ0) is 11.5. The maximum atomic E-state index is 9.01. The van der Waals surface area contributed by atoms with Gasteiger partial charge in [-0.15, -0.1) is 11.8 Å². The van der Waals surface area contributed by atoms with Crippen molar-refractivity contribution in [3.05, 3.63) is 11.8 Å². The quantitative estimate of drug-likeness (QED) is 0.786. The van der Waals surface area contributed by atoms with Crippen molar-refractivity contribution in [2.24, 2.45) is 7.05 Å². The molecule has 0 aliphatic heterocycles. The number of thioether (sulfide) groups is 1. The number of hydrogen-bond acceptors (Lipinski definition) is 4. The van der Waals surface area contributed by atoms with Gasteiger partial charge in [-0.2, -0.15) is 10.4 Å². The van der Waals surface area contributed by atoms with E-state index in [1.165, 1.54) is 12.8 Å². The van der Waals surface area contributed by atoms with Crippen LogP contribution in [0, 0.1) is 18.3 Å². The van der Waals surface area contributed by atoms with Crippen molar-refractivity contribution in [2.75, 3.05) is 5.75 Å². The molecule has 1 aliphatic carbocycles. The van der Waals surface area contributed by atoms with E-state index in [1.807, 2.05) is 18.7 Å². The molecule has 1 fully saturated rings. The molecule has 1 atom stereocenters. The maximum Gasteiger partial charge on any atom is 0.105 e. The van der Waals surface area contributed by atoms with Crippen molar-refractivity contribution in [2.45, 2.75) is 36.9 Å². The Labute approximate surface area is 100 Å². The molecular weight excluding hydrogens is 220 g/mol. The first kappa shape index (κ1) is 11.5.